The number of carbonyl (C=O) groups excluding carboxylic acids is 1. The molecule has 1 aromatic heterocycles. The van der Waals surface area contributed by atoms with Gasteiger partial charge in [-0.3, -0.25) is 4.79 Å². The van der Waals surface area contributed by atoms with Crippen molar-refractivity contribution in [1.29, 1.82) is 0 Å². The predicted molar refractivity (Wildman–Crippen MR) is 68.1 cm³/mol. The maximum Gasteiger partial charge on any atom is 0.229 e. The Morgan fingerprint density at radius 3 is 3.00 bits per heavy atom. The number of hydrogen-bond donors (Lipinski definition) is 2. The minimum Gasteiger partial charge on any atom is -0.323 e. The van der Waals surface area contributed by atoms with Crippen LogP contribution < -0.4 is 10.6 Å². The highest BCUT2D eigenvalue weighted by atomic mass is 35.5. The lowest BCUT2D eigenvalue weighted by atomic mass is 9.97. The third kappa shape index (κ3) is 2.76. The molecule has 1 aliphatic rings. The molecule has 92 valence electrons. The standard InChI is InChI=1S/C12H16ClN3O/c1-7-3-10(11(13)15-4-7)16-12(17)9-6-14-5-8(9)2/h3-4,8-9,14H,5-6H2,1-2H3,(H,16,17)/t8-,9-/m1/s1. The molecule has 0 saturated carbocycles. The molecule has 1 fully saturated rings. The molecule has 2 atom stereocenters. The van der Waals surface area contributed by atoms with Gasteiger partial charge in [-0.15, -0.1) is 0 Å². The fourth-order valence-corrected chi connectivity index (χ4v) is 2.18. The number of nitrogens with zero attached hydrogens (tertiary/aromatic N) is 1. The number of anilines is 1. The van der Waals surface area contributed by atoms with Crippen LogP contribution in [0.3, 0.4) is 0 Å². The van der Waals surface area contributed by atoms with Crippen LogP contribution in [0.2, 0.25) is 5.15 Å². The molecule has 0 aromatic carbocycles. The van der Waals surface area contributed by atoms with Crippen LogP contribution in [0.1, 0.15) is 12.5 Å². The average Bonchev–Trinajstić information content (AvgIpc) is 2.70. The van der Waals surface area contributed by atoms with Crippen LogP contribution in [0.4, 0.5) is 5.69 Å². The fraction of sp³-hybridized carbons (Fsp3) is 0.500. The number of hydrogen-bond acceptors (Lipinski definition) is 3. The van der Waals surface area contributed by atoms with Gasteiger partial charge in [0.05, 0.1) is 11.6 Å². The zero-order valence-electron chi connectivity index (χ0n) is 9.96. The minimum atomic E-state index is 0.00609. The Kier molecular flexibility index (Phi) is 3.64. The Balaban J connectivity index is 2.10. The zero-order valence-corrected chi connectivity index (χ0v) is 10.7. The third-order valence-electron chi connectivity index (χ3n) is 3.09. The van der Waals surface area contributed by atoms with Gasteiger partial charge in [0, 0.05) is 12.7 Å². The number of aromatic nitrogens is 1. The van der Waals surface area contributed by atoms with Crippen LogP contribution in [-0.4, -0.2) is 24.0 Å². The summed E-state index contributed by atoms with van der Waals surface area (Å²) in [4.78, 5) is 16.1. The Morgan fingerprint density at radius 2 is 2.35 bits per heavy atom. The van der Waals surface area contributed by atoms with Crippen molar-refractivity contribution in [3.8, 4) is 0 Å². The maximum atomic E-state index is 12.1. The Hall–Kier alpha value is -1.13. The van der Waals surface area contributed by atoms with Crippen molar-refractivity contribution in [2.45, 2.75) is 13.8 Å². The summed E-state index contributed by atoms with van der Waals surface area (Å²) in [5, 5.41) is 6.39. The second-order valence-corrected chi connectivity index (χ2v) is 4.94. The summed E-state index contributed by atoms with van der Waals surface area (Å²) in [5.41, 5.74) is 1.57. The van der Waals surface area contributed by atoms with Crippen molar-refractivity contribution >= 4 is 23.2 Å². The molecule has 17 heavy (non-hydrogen) atoms. The van der Waals surface area contributed by atoms with Crippen molar-refractivity contribution in [3.05, 3.63) is 23.0 Å². The summed E-state index contributed by atoms with van der Waals surface area (Å²) in [7, 11) is 0. The zero-order chi connectivity index (χ0) is 12.4. The molecule has 5 heteroatoms. The fourth-order valence-electron chi connectivity index (χ4n) is 2.03. The van der Waals surface area contributed by atoms with Crippen LogP contribution in [0.5, 0.6) is 0 Å². The summed E-state index contributed by atoms with van der Waals surface area (Å²) < 4.78 is 0. The minimum absolute atomic E-state index is 0.00609. The molecule has 1 aliphatic heterocycles. The van der Waals surface area contributed by atoms with Gasteiger partial charge in [0.25, 0.3) is 0 Å². The molecule has 0 aliphatic carbocycles. The summed E-state index contributed by atoms with van der Waals surface area (Å²) in [6.07, 6.45) is 1.68. The van der Waals surface area contributed by atoms with Crippen LogP contribution in [0.25, 0.3) is 0 Å². The molecule has 2 rings (SSSR count). The molecule has 1 saturated heterocycles. The van der Waals surface area contributed by atoms with E-state index in [1.807, 2.05) is 13.0 Å². The lowest BCUT2D eigenvalue weighted by Gasteiger charge is -2.14. The molecule has 0 unspecified atom stereocenters. The number of nitrogens with one attached hydrogen (secondary N) is 2. The number of rotatable bonds is 2. The molecular weight excluding hydrogens is 238 g/mol. The van der Waals surface area contributed by atoms with Gasteiger partial charge in [-0.05, 0) is 31.0 Å². The van der Waals surface area contributed by atoms with Gasteiger partial charge in [0.1, 0.15) is 0 Å². The first kappa shape index (κ1) is 12.3. The molecule has 2 N–H and O–H groups in total. The Bertz CT molecular complexity index is 436. The Morgan fingerprint density at radius 1 is 1.59 bits per heavy atom. The second-order valence-electron chi connectivity index (χ2n) is 4.58. The molecule has 1 amide bonds. The number of pyridine rings is 1. The molecule has 0 radical (unpaired) electrons. The van der Waals surface area contributed by atoms with E-state index in [-0.39, 0.29) is 11.8 Å². The summed E-state index contributed by atoms with van der Waals surface area (Å²) >= 11 is 5.94. The highest BCUT2D eigenvalue weighted by Crippen LogP contribution is 2.23. The van der Waals surface area contributed by atoms with Crippen molar-refractivity contribution in [2.75, 3.05) is 18.4 Å². The van der Waals surface area contributed by atoms with Gasteiger partial charge in [0.15, 0.2) is 5.15 Å². The number of carbonyl (C=O) groups is 1. The van der Waals surface area contributed by atoms with E-state index in [1.54, 1.807) is 6.20 Å². The van der Waals surface area contributed by atoms with E-state index >= 15 is 0 Å². The molecular formula is C12H16ClN3O. The molecule has 4 nitrogen and oxygen atoms in total. The monoisotopic (exact) mass is 253 g/mol. The van der Waals surface area contributed by atoms with Crippen molar-refractivity contribution < 1.29 is 4.79 Å². The third-order valence-corrected chi connectivity index (χ3v) is 3.39. The summed E-state index contributed by atoms with van der Waals surface area (Å²) in [6, 6.07) is 1.83. The van der Waals surface area contributed by atoms with Crippen LogP contribution in [-0.2, 0) is 4.79 Å². The van der Waals surface area contributed by atoms with Crippen LogP contribution >= 0.6 is 11.6 Å². The van der Waals surface area contributed by atoms with E-state index < -0.39 is 0 Å². The van der Waals surface area contributed by atoms with Crippen molar-refractivity contribution in [1.82, 2.24) is 10.3 Å². The number of aryl methyl sites for hydroxylation is 1. The SMILES string of the molecule is Cc1cnc(Cl)c(NC(=O)[C@@H]2CNC[C@H]2C)c1. The predicted octanol–water partition coefficient (Wildman–Crippen LogP) is 1.84. The quantitative estimate of drug-likeness (QED) is 0.791. The van der Waals surface area contributed by atoms with E-state index in [2.05, 4.69) is 22.5 Å². The molecule has 0 bridgehead atoms. The largest absolute Gasteiger partial charge is 0.323 e. The number of amides is 1. The first-order valence-electron chi connectivity index (χ1n) is 5.71. The molecule has 2 heterocycles. The number of halogens is 1. The molecule has 0 spiro atoms. The highest BCUT2D eigenvalue weighted by molar-refractivity contribution is 6.32. The highest BCUT2D eigenvalue weighted by Gasteiger charge is 2.29. The molecule has 1 aromatic rings. The van der Waals surface area contributed by atoms with Gasteiger partial charge in [-0.2, -0.15) is 0 Å². The van der Waals surface area contributed by atoms with Crippen molar-refractivity contribution in [3.63, 3.8) is 0 Å². The van der Waals surface area contributed by atoms with E-state index in [9.17, 15) is 4.79 Å². The van der Waals surface area contributed by atoms with Crippen molar-refractivity contribution in [2.24, 2.45) is 11.8 Å². The lowest BCUT2D eigenvalue weighted by Crippen LogP contribution is -2.28. The van der Waals surface area contributed by atoms with Gasteiger partial charge < -0.3 is 10.6 Å². The topological polar surface area (TPSA) is 54.0 Å². The van der Waals surface area contributed by atoms with E-state index in [1.165, 1.54) is 0 Å². The van der Waals surface area contributed by atoms with Gasteiger partial charge in [0.2, 0.25) is 5.91 Å². The van der Waals surface area contributed by atoms with Crippen LogP contribution in [0.15, 0.2) is 12.3 Å². The second kappa shape index (κ2) is 5.02. The first-order valence-corrected chi connectivity index (χ1v) is 6.09. The first-order chi connectivity index (χ1) is 8.08. The normalized spacial score (nSPS) is 23.7. The van der Waals surface area contributed by atoms with Gasteiger partial charge >= 0.3 is 0 Å². The summed E-state index contributed by atoms with van der Waals surface area (Å²) in [5.74, 6) is 0.370. The summed E-state index contributed by atoms with van der Waals surface area (Å²) in [6.45, 7) is 5.60. The Labute approximate surface area is 106 Å². The van der Waals surface area contributed by atoms with Gasteiger partial charge in [-0.25, -0.2) is 4.98 Å². The van der Waals surface area contributed by atoms with E-state index in [0.29, 0.717) is 16.8 Å². The average molecular weight is 254 g/mol. The van der Waals surface area contributed by atoms with E-state index in [4.69, 9.17) is 11.6 Å². The van der Waals surface area contributed by atoms with E-state index in [0.717, 1.165) is 18.7 Å². The smallest absolute Gasteiger partial charge is 0.229 e. The van der Waals surface area contributed by atoms with Gasteiger partial charge in [-0.1, -0.05) is 18.5 Å². The van der Waals surface area contributed by atoms with Crippen LogP contribution in [0, 0.1) is 18.8 Å². The maximum absolute atomic E-state index is 12.1. The lowest BCUT2D eigenvalue weighted by molar-refractivity contribution is -0.120.